The smallest absolute Gasteiger partial charge is 0.352 e. The van der Waals surface area contributed by atoms with Crippen LogP contribution < -0.4 is 0 Å². The Balaban J connectivity index is 1.84. The molecule has 0 spiro atoms. The summed E-state index contributed by atoms with van der Waals surface area (Å²) in [5.74, 6) is -1.77. The minimum absolute atomic E-state index is 0.0917. The normalized spacial score (nSPS) is 21.4. The number of aryl methyl sites for hydroxylation is 1. The molecule has 0 aromatic carbocycles. The van der Waals surface area contributed by atoms with Crippen molar-refractivity contribution in [2.75, 3.05) is 11.5 Å². The van der Waals surface area contributed by atoms with Gasteiger partial charge in [-0.3, -0.25) is 14.5 Å². The van der Waals surface area contributed by atoms with Gasteiger partial charge in [0.15, 0.2) is 5.37 Å². The monoisotopic (exact) mass is 327 g/mol. The van der Waals surface area contributed by atoms with Gasteiger partial charge < -0.3 is 5.11 Å². The highest BCUT2D eigenvalue weighted by Crippen LogP contribution is 2.39. The number of hydrogen-bond acceptors (Lipinski definition) is 8. The minimum atomic E-state index is -1.20. The number of aromatic nitrogens is 4. The van der Waals surface area contributed by atoms with Gasteiger partial charge >= 0.3 is 5.97 Å². The first-order chi connectivity index (χ1) is 10.0. The third-order valence-corrected chi connectivity index (χ3v) is 5.39. The standard InChI is InChI=1S/C10H9N5O4S2/c1-14-10(11-12-13-14)21-3-4-2-20-8-6(16)7(17)15(8)5(4)9(18)19/h8H,2-3H2,1H3,(H,18,19)/t8-/m1/s1. The van der Waals surface area contributed by atoms with Crippen molar-refractivity contribution < 1.29 is 19.5 Å². The molecule has 9 nitrogen and oxygen atoms in total. The summed E-state index contributed by atoms with van der Waals surface area (Å²) >= 11 is 2.54. The number of fused-ring (bicyclic) bond motifs is 1. The number of ketones is 1. The largest absolute Gasteiger partial charge is 0.477 e. The average Bonchev–Trinajstić information content (AvgIpc) is 2.88. The van der Waals surface area contributed by atoms with E-state index < -0.39 is 23.0 Å². The molecular weight excluding hydrogens is 318 g/mol. The van der Waals surface area contributed by atoms with Gasteiger partial charge in [0.25, 0.3) is 11.7 Å². The van der Waals surface area contributed by atoms with E-state index in [-0.39, 0.29) is 5.70 Å². The first-order valence-electron chi connectivity index (χ1n) is 5.80. The lowest BCUT2D eigenvalue weighted by atomic mass is 10.1. The SMILES string of the molecule is Cn1nnnc1SCC1=C(C(=O)O)N2C(=O)C(=O)[C@H]2SC1. The molecule has 1 amide bonds. The summed E-state index contributed by atoms with van der Waals surface area (Å²) in [5.41, 5.74) is 0.489. The lowest BCUT2D eigenvalue weighted by molar-refractivity contribution is -0.156. The lowest BCUT2D eigenvalue weighted by Gasteiger charge is -2.42. The number of aliphatic carboxylic acids is 1. The molecule has 3 heterocycles. The zero-order chi connectivity index (χ0) is 15.1. The Morgan fingerprint density at radius 2 is 2.29 bits per heavy atom. The Kier molecular flexibility index (Phi) is 3.45. The van der Waals surface area contributed by atoms with Crippen LogP contribution >= 0.6 is 23.5 Å². The van der Waals surface area contributed by atoms with E-state index in [1.165, 1.54) is 28.2 Å². The molecule has 0 saturated carbocycles. The fourth-order valence-electron chi connectivity index (χ4n) is 2.03. The topological polar surface area (TPSA) is 118 Å². The molecule has 0 bridgehead atoms. The van der Waals surface area contributed by atoms with E-state index >= 15 is 0 Å². The van der Waals surface area contributed by atoms with Crippen molar-refractivity contribution in [1.29, 1.82) is 0 Å². The second-order valence-corrected chi connectivity index (χ2v) is 6.34. The number of rotatable bonds is 4. The third-order valence-electron chi connectivity index (χ3n) is 3.04. The highest BCUT2D eigenvalue weighted by Gasteiger charge is 2.52. The summed E-state index contributed by atoms with van der Waals surface area (Å²) in [4.78, 5) is 35.4. The van der Waals surface area contributed by atoms with Gasteiger partial charge in [-0.15, -0.1) is 16.9 Å². The summed E-state index contributed by atoms with van der Waals surface area (Å²) < 4.78 is 1.47. The molecule has 1 aromatic rings. The van der Waals surface area contributed by atoms with Crippen molar-refractivity contribution in [2.24, 2.45) is 7.05 Å². The van der Waals surface area contributed by atoms with Gasteiger partial charge in [-0.1, -0.05) is 11.8 Å². The molecule has 3 rings (SSSR count). The highest BCUT2D eigenvalue weighted by molar-refractivity contribution is 8.01. The molecule has 1 saturated heterocycles. The van der Waals surface area contributed by atoms with E-state index in [9.17, 15) is 19.5 Å². The van der Waals surface area contributed by atoms with Gasteiger partial charge in [0.1, 0.15) is 5.70 Å². The van der Waals surface area contributed by atoms with E-state index in [0.717, 1.165) is 4.90 Å². The summed E-state index contributed by atoms with van der Waals surface area (Å²) in [5, 5.41) is 20.2. The summed E-state index contributed by atoms with van der Waals surface area (Å²) in [6, 6.07) is 0. The Morgan fingerprint density at radius 3 is 2.90 bits per heavy atom. The van der Waals surface area contributed by atoms with Crippen LogP contribution in [0, 0.1) is 0 Å². The maximum absolute atomic E-state index is 11.6. The van der Waals surface area contributed by atoms with Gasteiger partial charge in [-0.25, -0.2) is 9.48 Å². The number of amides is 1. The maximum Gasteiger partial charge on any atom is 0.352 e. The molecule has 2 aliphatic rings. The molecule has 1 aromatic heterocycles. The lowest BCUT2D eigenvalue weighted by Crippen LogP contribution is -2.62. The number of carboxylic acids is 1. The van der Waals surface area contributed by atoms with Crippen LogP contribution in [0.3, 0.4) is 0 Å². The van der Waals surface area contributed by atoms with E-state index in [4.69, 9.17) is 0 Å². The Hall–Kier alpha value is -1.88. The number of thioether (sulfide) groups is 2. The fourth-order valence-corrected chi connectivity index (χ4v) is 4.22. The van der Waals surface area contributed by atoms with Crippen molar-refractivity contribution in [3.05, 3.63) is 11.3 Å². The van der Waals surface area contributed by atoms with Crippen molar-refractivity contribution >= 4 is 41.2 Å². The number of carboxylic acid groups (broad SMARTS) is 1. The molecule has 110 valence electrons. The molecule has 0 unspecified atom stereocenters. The number of tetrazole rings is 1. The fraction of sp³-hybridized carbons (Fsp3) is 0.400. The van der Waals surface area contributed by atoms with Crippen molar-refractivity contribution in [2.45, 2.75) is 10.5 Å². The maximum atomic E-state index is 11.6. The first-order valence-corrected chi connectivity index (χ1v) is 7.83. The van der Waals surface area contributed by atoms with Gasteiger partial charge in [-0.05, 0) is 16.0 Å². The zero-order valence-corrected chi connectivity index (χ0v) is 12.3. The molecular formula is C10H9N5O4S2. The van der Waals surface area contributed by atoms with E-state index in [2.05, 4.69) is 15.5 Å². The second-order valence-electron chi connectivity index (χ2n) is 4.33. The predicted octanol–water partition coefficient (Wildman–Crippen LogP) is -0.875. The van der Waals surface area contributed by atoms with Crippen LogP contribution in [-0.2, 0) is 21.4 Å². The third kappa shape index (κ3) is 2.21. The molecule has 2 aliphatic heterocycles. The summed E-state index contributed by atoms with van der Waals surface area (Å²) in [7, 11) is 1.68. The minimum Gasteiger partial charge on any atom is -0.477 e. The predicted molar refractivity (Wildman–Crippen MR) is 72.3 cm³/mol. The molecule has 21 heavy (non-hydrogen) atoms. The van der Waals surface area contributed by atoms with Crippen LogP contribution in [0.1, 0.15) is 0 Å². The van der Waals surface area contributed by atoms with Crippen LogP contribution in [0.5, 0.6) is 0 Å². The van der Waals surface area contributed by atoms with Crippen LogP contribution in [-0.4, -0.2) is 64.8 Å². The zero-order valence-electron chi connectivity index (χ0n) is 10.7. The van der Waals surface area contributed by atoms with E-state index in [1.54, 1.807) is 7.05 Å². The number of carbonyl (C=O) groups is 3. The molecule has 11 heteroatoms. The van der Waals surface area contributed by atoms with Crippen LogP contribution in [0.2, 0.25) is 0 Å². The van der Waals surface area contributed by atoms with Crippen molar-refractivity contribution in [1.82, 2.24) is 25.1 Å². The van der Waals surface area contributed by atoms with E-state index in [1.807, 2.05) is 0 Å². The number of Topliss-reactive ketones (excluding diaryl/α,β-unsaturated/α-hetero) is 1. The van der Waals surface area contributed by atoms with Gasteiger partial charge in [0.05, 0.1) is 0 Å². The summed E-state index contributed by atoms with van der Waals surface area (Å²) in [6.45, 7) is 0. The van der Waals surface area contributed by atoms with Gasteiger partial charge in [0, 0.05) is 18.6 Å². The van der Waals surface area contributed by atoms with Crippen LogP contribution in [0.4, 0.5) is 0 Å². The Labute approximate surface area is 126 Å². The molecule has 1 fully saturated rings. The molecule has 1 N–H and O–H groups in total. The first kappa shape index (κ1) is 14.1. The van der Waals surface area contributed by atoms with Crippen molar-refractivity contribution in [3.8, 4) is 0 Å². The van der Waals surface area contributed by atoms with Crippen LogP contribution in [0.25, 0.3) is 0 Å². The average molecular weight is 327 g/mol. The molecule has 0 aliphatic carbocycles. The van der Waals surface area contributed by atoms with Crippen LogP contribution in [0.15, 0.2) is 16.4 Å². The quantitative estimate of drug-likeness (QED) is 0.427. The Morgan fingerprint density at radius 1 is 1.52 bits per heavy atom. The molecule has 0 radical (unpaired) electrons. The highest BCUT2D eigenvalue weighted by atomic mass is 32.2. The second kappa shape index (κ2) is 5.15. The summed E-state index contributed by atoms with van der Waals surface area (Å²) in [6.07, 6.45) is 0. The number of hydrogen-bond donors (Lipinski definition) is 1. The molecule has 1 atom stereocenters. The van der Waals surface area contributed by atoms with Crippen molar-refractivity contribution in [3.63, 3.8) is 0 Å². The Bertz CT molecular complexity index is 685. The number of carbonyl (C=O) groups excluding carboxylic acids is 2. The van der Waals surface area contributed by atoms with Gasteiger partial charge in [-0.2, -0.15) is 0 Å². The van der Waals surface area contributed by atoms with Gasteiger partial charge in [0.2, 0.25) is 5.16 Å². The number of nitrogens with zero attached hydrogens (tertiary/aromatic N) is 5. The van der Waals surface area contributed by atoms with E-state index in [0.29, 0.717) is 22.2 Å². The number of β-lactam (4-membered cyclic amide) rings is 1.